The molecule has 1 amide bonds. The maximum absolute atomic E-state index is 11.8. The minimum Gasteiger partial charge on any atom is -0.462 e. The van der Waals surface area contributed by atoms with Gasteiger partial charge in [-0.05, 0) is 36.1 Å². The Morgan fingerprint density at radius 1 is 1.18 bits per heavy atom. The van der Waals surface area contributed by atoms with Crippen molar-refractivity contribution in [2.75, 3.05) is 13.2 Å². The third-order valence-electron chi connectivity index (χ3n) is 2.68. The Morgan fingerprint density at radius 2 is 1.91 bits per heavy atom. The first kappa shape index (κ1) is 16.8. The summed E-state index contributed by atoms with van der Waals surface area (Å²) in [5.74, 6) is -0.614. The van der Waals surface area contributed by atoms with E-state index in [1.807, 2.05) is 11.4 Å². The molecule has 116 valence electrons. The first-order valence-electron chi connectivity index (χ1n) is 6.51. The highest BCUT2D eigenvalue weighted by Crippen LogP contribution is 2.19. The van der Waals surface area contributed by atoms with Gasteiger partial charge in [0.05, 0.1) is 17.0 Å². The van der Waals surface area contributed by atoms with Crippen LogP contribution >= 0.6 is 34.5 Å². The molecule has 0 fully saturated rings. The number of ether oxygens (including phenoxy) is 1. The van der Waals surface area contributed by atoms with Crippen molar-refractivity contribution in [1.29, 1.82) is 0 Å². The van der Waals surface area contributed by atoms with Gasteiger partial charge in [-0.25, -0.2) is 4.79 Å². The third-order valence-corrected chi connectivity index (χ3v) is 3.99. The smallest absolute Gasteiger partial charge is 0.338 e. The van der Waals surface area contributed by atoms with E-state index in [-0.39, 0.29) is 12.5 Å². The quantitative estimate of drug-likeness (QED) is 0.627. The second kappa shape index (κ2) is 8.17. The van der Waals surface area contributed by atoms with E-state index in [9.17, 15) is 9.59 Å². The van der Waals surface area contributed by atoms with Crippen molar-refractivity contribution in [2.24, 2.45) is 0 Å². The van der Waals surface area contributed by atoms with E-state index in [4.69, 9.17) is 27.9 Å². The fourth-order valence-electron chi connectivity index (χ4n) is 1.69. The van der Waals surface area contributed by atoms with Crippen LogP contribution in [-0.2, 0) is 4.74 Å². The third kappa shape index (κ3) is 5.02. The van der Waals surface area contributed by atoms with Gasteiger partial charge in [0.15, 0.2) is 0 Å². The number of benzene rings is 1. The highest BCUT2D eigenvalue weighted by atomic mass is 35.5. The fraction of sp³-hybridized carbons (Fsp3) is 0.200. The number of hydrogen-bond acceptors (Lipinski definition) is 4. The lowest BCUT2D eigenvalue weighted by Crippen LogP contribution is -2.24. The molecule has 0 spiro atoms. The van der Waals surface area contributed by atoms with Gasteiger partial charge in [0.1, 0.15) is 0 Å². The number of halogens is 2. The molecule has 1 aromatic heterocycles. The van der Waals surface area contributed by atoms with E-state index >= 15 is 0 Å². The number of hydrogen-bond donors (Lipinski definition) is 1. The Hall–Kier alpha value is -1.56. The summed E-state index contributed by atoms with van der Waals surface area (Å²) in [5, 5.41) is 5.35. The Morgan fingerprint density at radius 3 is 2.55 bits per heavy atom. The van der Waals surface area contributed by atoms with Crippen LogP contribution in [-0.4, -0.2) is 25.0 Å². The number of rotatable bonds is 6. The summed E-state index contributed by atoms with van der Waals surface area (Å²) in [6, 6.07) is 8.10. The Balaban J connectivity index is 1.70. The molecule has 0 radical (unpaired) electrons. The van der Waals surface area contributed by atoms with Crippen LogP contribution in [0.2, 0.25) is 10.0 Å². The van der Waals surface area contributed by atoms with Crippen LogP contribution in [0.3, 0.4) is 0 Å². The molecule has 0 aliphatic carbocycles. The summed E-state index contributed by atoms with van der Waals surface area (Å²) in [7, 11) is 0. The van der Waals surface area contributed by atoms with Crippen molar-refractivity contribution in [1.82, 2.24) is 5.32 Å². The first-order chi connectivity index (χ1) is 10.6. The molecule has 4 nitrogen and oxygen atoms in total. The van der Waals surface area contributed by atoms with Crippen molar-refractivity contribution in [2.45, 2.75) is 6.42 Å². The SMILES string of the molecule is O=C(OCCCNC(=O)c1cccs1)c1cc(Cl)cc(Cl)c1. The number of thiophene rings is 1. The van der Waals surface area contributed by atoms with Gasteiger partial charge >= 0.3 is 5.97 Å². The molecule has 0 unspecified atom stereocenters. The zero-order valence-corrected chi connectivity index (χ0v) is 13.8. The topological polar surface area (TPSA) is 55.4 Å². The van der Waals surface area contributed by atoms with Crippen molar-refractivity contribution >= 4 is 46.4 Å². The summed E-state index contributed by atoms with van der Waals surface area (Å²) in [5.41, 5.74) is 0.306. The molecule has 0 saturated carbocycles. The maximum Gasteiger partial charge on any atom is 0.338 e. The summed E-state index contributed by atoms with van der Waals surface area (Å²) < 4.78 is 5.11. The van der Waals surface area contributed by atoms with Gasteiger partial charge in [0.2, 0.25) is 0 Å². The highest BCUT2D eigenvalue weighted by molar-refractivity contribution is 7.12. The number of esters is 1. The molecule has 0 atom stereocenters. The van der Waals surface area contributed by atoms with Crippen molar-refractivity contribution < 1.29 is 14.3 Å². The average Bonchev–Trinajstić information content (AvgIpc) is 2.99. The Kier molecular flexibility index (Phi) is 6.24. The van der Waals surface area contributed by atoms with Crippen LogP contribution in [0.1, 0.15) is 26.5 Å². The lowest BCUT2D eigenvalue weighted by Gasteiger charge is -2.06. The molecule has 0 aliphatic heterocycles. The molecule has 1 N–H and O–H groups in total. The minimum atomic E-state index is -0.492. The van der Waals surface area contributed by atoms with E-state index < -0.39 is 5.97 Å². The Labute approximate surface area is 142 Å². The van der Waals surface area contributed by atoms with E-state index in [0.29, 0.717) is 33.5 Å². The van der Waals surface area contributed by atoms with Crippen LogP contribution in [0.25, 0.3) is 0 Å². The van der Waals surface area contributed by atoms with E-state index in [1.165, 1.54) is 23.5 Å². The highest BCUT2D eigenvalue weighted by Gasteiger charge is 2.09. The average molecular weight is 358 g/mol. The van der Waals surface area contributed by atoms with Crippen LogP contribution < -0.4 is 5.32 Å². The first-order valence-corrected chi connectivity index (χ1v) is 8.15. The van der Waals surface area contributed by atoms with Gasteiger partial charge in [-0.1, -0.05) is 29.3 Å². The van der Waals surface area contributed by atoms with Crippen LogP contribution in [0.4, 0.5) is 0 Å². The molecule has 1 heterocycles. The largest absolute Gasteiger partial charge is 0.462 e. The zero-order chi connectivity index (χ0) is 15.9. The molecule has 2 aromatic rings. The molecule has 0 aliphatic rings. The van der Waals surface area contributed by atoms with Gasteiger partial charge < -0.3 is 10.1 Å². The van der Waals surface area contributed by atoms with Gasteiger partial charge in [0.25, 0.3) is 5.91 Å². The van der Waals surface area contributed by atoms with Gasteiger partial charge in [-0.15, -0.1) is 11.3 Å². The second-order valence-electron chi connectivity index (χ2n) is 4.38. The summed E-state index contributed by atoms with van der Waals surface area (Å²) in [4.78, 5) is 24.1. The zero-order valence-electron chi connectivity index (χ0n) is 11.5. The van der Waals surface area contributed by atoms with Crippen LogP contribution in [0.5, 0.6) is 0 Å². The van der Waals surface area contributed by atoms with Gasteiger partial charge in [-0.3, -0.25) is 4.79 Å². The van der Waals surface area contributed by atoms with Crippen LogP contribution in [0, 0.1) is 0 Å². The van der Waals surface area contributed by atoms with Crippen LogP contribution in [0.15, 0.2) is 35.7 Å². The van der Waals surface area contributed by atoms with Crippen molar-refractivity contribution in [3.63, 3.8) is 0 Å². The normalized spacial score (nSPS) is 10.3. The van der Waals surface area contributed by atoms with Gasteiger partial charge in [0, 0.05) is 16.6 Å². The van der Waals surface area contributed by atoms with Crippen molar-refractivity contribution in [3.05, 3.63) is 56.2 Å². The standard InChI is InChI=1S/C15H13Cl2NO3S/c16-11-7-10(8-12(17)9-11)15(20)21-5-2-4-18-14(19)13-3-1-6-22-13/h1,3,6-9H,2,4-5H2,(H,18,19). The molecule has 2 rings (SSSR count). The number of nitrogens with one attached hydrogen (secondary N) is 1. The predicted octanol–water partition coefficient (Wildman–Crippen LogP) is 4.03. The number of carbonyl (C=O) groups excluding carboxylic acids is 2. The molecule has 1 aromatic carbocycles. The summed E-state index contributed by atoms with van der Waals surface area (Å²) >= 11 is 13.0. The van der Waals surface area contributed by atoms with E-state index in [1.54, 1.807) is 12.1 Å². The van der Waals surface area contributed by atoms with Gasteiger partial charge in [-0.2, -0.15) is 0 Å². The molecule has 0 bridgehead atoms. The molecule has 22 heavy (non-hydrogen) atoms. The second-order valence-corrected chi connectivity index (χ2v) is 6.20. The molecular formula is C15H13Cl2NO3S. The lowest BCUT2D eigenvalue weighted by molar-refractivity contribution is 0.0501. The van der Waals surface area contributed by atoms with E-state index in [0.717, 1.165) is 0 Å². The number of amides is 1. The molecule has 0 saturated heterocycles. The Bertz CT molecular complexity index is 639. The minimum absolute atomic E-state index is 0.122. The predicted molar refractivity (Wildman–Crippen MR) is 88.0 cm³/mol. The molecular weight excluding hydrogens is 345 g/mol. The summed E-state index contributed by atoms with van der Waals surface area (Å²) in [6.07, 6.45) is 0.525. The fourth-order valence-corrected chi connectivity index (χ4v) is 2.85. The van der Waals surface area contributed by atoms with E-state index in [2.05, 4.69) is 5.32 Å². The lowest BCUT2D eigenvalue weighted by atomic mass is 10.2. The van der Waals surface area contributed by atoms with Crippen molar-refractivity contribution in [3.8, 4) is 0 Å². The molecule has 7 heteroatoms. The monoisotopic (exact) mass is 357 g/mol. The summed E-state index contributed by atoms with van der Waals surface area (Å²) in [6.45, 7) is 0.633. The maximum atomic E-state index is 11.8. The number of carbonyl (C=O) groups is 2.